The summed E-state index contributed by atoms with van der Waals surface area (Å²) in [5.74, 6) is 0.468. The maximum Gasteiger partial charge on any atom is 0.200 e. The minimum atomic E-state index is -0.0451. The van der Waals surface area contributed by atoms with Gasteiger partial charge in [-0.15, -0.1) is 0 Å². The molecule has 0 heterocycles. The third-order valence-corrected chi connectivity index (χ3v) is 2.25. The van der Waals surface area contributed by atoms with Gasteiger partial charge in [0, 0.05) is 5.69 Å². The Kier molecular flexibility index (Phi) is 4.25. The third-order valence-electron chi connectivity index (χ3n) is 2.06. The second kappa shape index (κ2) is 5.46. The van der Waals surface area contributed by atoms with Gasteiger partial charge >= 0.3 is 0 Å². The van der Waals surface area contributed by atoms with E-state index in [0.717, 1.165) is 5.69 Å². The largest absolute Gasteiger partial charge is 0.370 e. The zero-order chi connectivity index (χ0) is 12.1. The summed E-state index contributed by atoms with van der Waals surface area (Å²) in [6.45, 7) is 4.29. The maximum absolute atomic E-state index is 5.21. The summed E-state index contributed by atoms with van der Waals surface area (Å²) in [6, 6.07) is 7.99. The van der Waals surface area contributed by atoms with Crippen LogP contribution in [0.25, 0.3) is 0 Å². The van der Waals surface area contributed by atoms with Crippen LogP contribution in [0.15, 0.2) is 29.3 Å². The lowest BCUT2D eigenvalue weighted by atomic mass is 10.0. The predicted molar refractivity (Wildman–Crippen MR) is 72.6 cm³/mol. The number of nitrogens with two attached hydrogens (primary N) is 2. The van der Waals surface area contributed by atoms with Gasteiger partial charge in [-0.1, -0.05) is 26.0 Å². The summed E-state index contributed by atoms with van der Waals surface area (Å²) in [5.41, 5.74) is 12.6. The predicted octanol–water partition coefficient (Wildman–Crippen LogP) is 1.78. The molecule has 0 aliphatic rings. The highest BCUT2D eigenvalue weighted by molar-refractivity contribution is 7.80. The number of guanidine groups is 1. The van der Waals surface area contributed by atoms with Gasteiger partial charge in [0.25, 0.3) is 0 Å². The van der Waals surface area contributed by atoms with Gasteiger partial charge < -0.3 is 16.8 Å². The van der Waals surface area contributed by atoms with Crippen LogP contribution < -0.4 is 16.8 Å². The fourth-order valence-corrected chi connectivity index (χ4v) is 1.44. The fraction of sp³-hybridized carbons (Fsp3) is 0.273. The van der Waals surface area contributed by atoms with Crippen LogP contribution in [0.2, 0.25) is 0 Å². The molecule has 0 radical (unpaired) electrons. The van der Waals surface area contributed by atoms with E-state index in [1.807, 2.05) is 24.3 Å². The Balaban J connectivity index is 2.69. The first-order chi connectivity index (χ1) is 7.49. The monoisotopic (exact) mass is 236 g/mol. The number of benzene rings is 1. The van der Waals surface area contributed by atoms with E-state index in [1.54, 1.807) is 0 Å². The molecule has 0 aromatic heterocycles. The molecule has 0 spiro atoms. The van der Waals surface area contributed by atoms with Gasteiger partial charge in [-0.3, -0.25) is 0 Å². The van der Waals surface area contributed by atoms with Crippen LogP contribution in [-0.2, 0) is 0 Å². The standard InChI is InChI=1S/C11H16N4S/c1-7(2)8-3-5-9(6-4-8)14-11(16)15-10(12)13/h3-7H,1-2H3,(H5,12,13,14,15,16). The molecule has 0 amide bonds. The molecule has 1 rings (SSSR count). The number of rotatable bonds is 2. The van der Waals surface area contributed by atoms with Crippen molar-refractivity contribution >= 4 is 29.0 Å². The molecule has 0 aliphatic carbocycles. The lowest BCUT2D eigenvalue weighted by Crippen LogP contribution is -2.25. The van der Waals surface area contributed by atoms with E-state index >= 15 is 0 Å². The van der Waals surface area contributed by atoms with Crippen molar-refractivity contribution in [3.05, 3.63) is 29.8 Å². The Morgan fingerprint density at radius 1 is 1.25 bits per heavy atom. The number of aliphatic imine (C=N–C) groups is 1. The van der Waals surface area contributed by atoms with Crippen molar-refractivity contribution in [3.63, 3.8) is 0 Å². The molecule has 86 valence electrons. The zero-order valence-corrected chi connectivity index (χ0v) is 10.2. The SMILES string of the molecule is CC(C)c1ccc(NC(=S)N=C(N)N)cc1. The summed E-state index contributed by atoms with van der Waals surface area (Å²) in [5, 5.41) is 3.18. The Hall–Kier alpha value is -1.62. The van der Waals surface area contributed by atoms with Crippen LogP contribution in [0.4, 0.5) is 5.69 Å². The highest BCUT2D eigenvalue weighted by atomic mass is 32.1. The smallest absolute Gasteiger partial charge is 0.200 e. The first-order valence-corrected chi connectivity index (χ1v) is 5.40. The van der Waals surface area contributed by atoms with Gasteiger partial charge in [0.2, 0.25) is 5.11 Å². The molecular formula is C11H16N4S. The van der Waals surface area contributed by atoms with Gasteiger partial charge in [-0.05, 0) is 35.8 Å². The first kappa shape index (κ1) is 12.4. The molecule has 1 aromatic rings. The van der Waals surface area contributed by atoms with Gasteiger partial charge in [0.1, 0.15) is 0 Å². The number of hydrogen-bond donors (Lipinski definition) is 3. The molecule has 0 bridgehead atoms. The molecule has 0 fully saturated rings. The highest BCUT2D eigenvalue weighted by Gasteiger charge is 2.00. The Bertz CT molecular complexity index is 391. The topological polar surface area (TPSA) is 76.4 Å². The van der Waals surface area contributed by atoms with Gasteiger partial charge in [-0.25, -0.2) is 0 Å². The molecule has 4 nitrogen and oxygen atoms in total. The molecule has 0 aliphatic heterocycles. The number of nitrogens with one attached hydrogen (secondary N) is 1. The lowest BCUT2D eigenvalue weighted by Gasteiger charge is -2.07. The molecule has 5 heteroatoms. The molecule has 0 unspecified atom stereocenters. The van der Waals surface area contributed by atoms with Gasteiger partial charge in [-0.2, -0.15) is 4.99 Å². The zero-order valence-electron chi connectivity index (χ0n) is 9.40. The average Bonchev–Trinajstić information content (AvgIpc) is 2.16. The second-order valence-corrected chi connectivity index (χ2v) is 4.13. The van der Waals surface area contributed by atoms with Crippen LogP contribution in [-0.4, -0.2) is 11.1 Å². The van der Waals surface area contributed by atoms with Crippen LogP contribution in [0.1, 0.15) is 25.3 Å². The van der Waals surface area contributed by atoms with Crippen LogP contribution in [0.3, 0.4) is 0 Å². The molecular weight excluding hydrogens is 220 g/mol. The van der Waals surface area contributed by atoms with Crippen molar-refractivity contribution < 1.29 is 0 Å². The molecule has 0 atom stereocenters. The average molecular weight is 236 g/mol. The third kappa shape index (κ3) is 3.86. The van der Waals surface area contributed by atoms with Crippen molar-refractivity contribution in [2.75, 3.05) is 5.32 Å². The minimum Gasteiger partial charge on any atom is -0.370 e. The van der Waals surface area contributed by atoms with E-state index in [0.29, 0.717) is 5.92 Å². The summed E-state index contributed by atoms with van der Waals surface area (Å²) in [4.78, 5) is 3.72. The maximum atomic E-state index is 5.21. The quantitative estimate of drug-likeness (QED) is 0.415. The van der Waals surface area contributed by atoms with E-state index in [4.69, 9.17) is 23.7 Å². The van der Waals surface area contributed by atoms with Crippen molar-refractivity contribution in [2.24, 2.45) is 16.5 Å². The van der Waals surface area contributed by atoms with E-state index in [-0.39, 0.29) is 11.1 Å². The molecule has 0 saturated carbocycles. The Morgan fingerprint density at radius 3 is 2.25 bits per heavy atom. The van der Waals surface area contributed by atoms with E-state index in [2.05, 4.69) is 24.2 Å². The summed E-state index contributed by atoms with van der Waals surface area (Å²) in [7, 11) is 0. The molecule has 1 aromatic carbocycles. The number of thiocarbonyl (C=S) groups is 1. The van der Waals surface area contributed by atoms with Gasteiger partial charge in [0.05, 0.1) is 0 Å². The summed E-state index contributed by atoms with van der Waals surface area (Å²) in [6.07, 6.45) is 0. The lowest BCUT2D eigenvalue weighted by molar-refractivity contribution is 0.867. The van der Waals surface area contributed by atoms with Crippen molar-refractivity contribution in [1.29, 1.82) is 0 Å². The van der Waals surface area contributed by atoms with Crippen molar-refractivity contribution in [1.82, 2.24) is 0 Å². The Morgan fingerprint density at radius 2 is 1.81 bits per heavy atom. The summed E-state index contributed by atoms with van der Waals surface area (Å²) >= 11 is 4.94. The summed E-state index contributed by atoms with van der Waals surface area (Å²) < 4.78 is 0. The Labute approximate surface area is 101 Å². The van der Waals surface area contributed by atoms with Crippen molar-refractivity contribution in [3.8, 4) is 0 Å². The van der Waals surface area contributed by atoms with E-state index < -0.39 is 0 Å². The molecule has 5 N–H and O–H groups in total. The number of hydrogen-bond acceptors (Lipinski definition) is 1. The van der Waals surface area contributed by atoms with Crippen LogP contribution in [0.5, 0.6) is 0 Å². The minimum absolute atomic E-state index is 0.0451. The van der Waals surface area contributed by atoms with Crippen LogP contribution in [0, 0.1) is 0 Å². The van der Waals surface area contributed by atoms with E-state index in [1.165, 1.54) is 5.56 Å². The molecule has 16 heavy (non-hydrogen) atoms. The fourth-order valence-electron chi connectivity index (χ4n) is 1.22. The van der Waals surface area contributed by atoms with Crippen LogP contribution >= 0.6 is 12.2 Å². The number of nitrogens with zero attached hydrogens (tertiary/aromatic N) is 1. The van der Waals surface area contributed by atoms with Gasteiger partial charge in [0.15, 0.2) is 5.96 Å². The van der Waals surface area contributed by atoms with E-state index in [9.17, 15) is 0 Å². The number of anilines is 1. The highest BCUT2D eigenvalue weighted by Crippen LogP contribution is 2.17. The second-order valence-electron chi connectivity index (χ2n) is 3.74. The van der Waals surface area contributed by atoms with Crippen molar-refractivity contribution in [2.45, 2.75) is 19.8 Å². The normalized spacial score (nSPS) is 9.94. The first-order valence-electron chi connectivity index (χ1n) is 4.99. The molecule has 0 saturated heterocycles.